The van der Waals surface area contributed by atoms with Crippen LogP contribution in [0.1, 0.15) is 22.8 Å². The van der Waals surface area contributed by atoms with Crippen LogP contribution in [0.2, 0.25) is 0 Å². The standard InChI is InChI=1S/C21H19N7/c1-12-14(3)25-27-20(22-12)18-10-17(16-8-6-5-7-9-16)11-19(24-18)21-23-13(2)15(4)26-28-21/h5-11H,1-4H3/p+1. The van der Waals surface area contributed by atoms with Crippen LogP contribution in [0.5, 0.6) is 0 Å². The zero-order chi connectivity index (χ0) is 19.7. The van der Waals surface area contributed by atoms with Gasteiger partial charge in [0.15, 0.2) is 0 Å². The fourth-order valence-electron chi connectivity index (χ4n) is 2.75. The van der Waals surface area contributed by atoms with Gasteiger partial charge in [0.1, 0.15) is 0 Å². The molecule has 28 heavy (non-hydrogen) atoms. The smallest absolute Gasteiger partial charge is 0.225 e. The Hall–Kier alpha value is -3.61. The average Bonchev–Trinajstić information content (AvgIpc) is 2.72. The van der Waals surface area contributed by atoms with Crippen molar-refractivity contribution in [1.82, 2.24) is 30.4 Å². The third kappa shape index (κ3) is 3.46. The summed E-state index contributed by atoms with van der Waals surface area (Å²) in [6.07, 6.45) is 0. The van der Waals surface area contributed by atoms with E-state index >= 15 is 0 Å². The molecule has 0 aliphatic rings. The van der Waals surface area contributed by atoms with E-state index in [0.29, 0.717) is 11.6 Å². The molecule has 0 amide bonds. The van der Waals surface area contributed by atoms with E-state index in [1.807, 2.05) is 58.0 Å². The topological polar surface area (TPSA) is 91.5 Å². The van der Waals surface area contributed by atoms with Crippen LogP contribution in [0.3, 0.4) is 0 Å². The second kappa shape index (κ2) is 7.19. The van der Waals surface area contributed by atoms with Crippen LogP contribution in [-0.2, 0) is 0 Å². The zero-order valence-electron chi connectivity index (χ0n) is 16.2. The Morgan fingerprint density at radius 1 is 0.571 bits per heavy atom. The second-order valence-corrected chi connectivity index (χ2v) is 6.67. The zero-order valence-corrected chi connectivity index (χ0v) is 16.2. The normalized spacial score (nSPS) is 10.9. The molecule has 3 heterocycles. The lowest BCUT2D eigenvalue weighted by atomic mass is 10.0. The highest BCUT2D eigenvalue weighted by Gasteiger charge is 2.20. The highest BCUT2D eigenvalue weighted by Crippen LogP contribution is 2.25. The quantitative estimate of drug-likeness (QED) is 0.550. The Balaban J connectivity index is 1.92. The summed E-state index contributed by atoms with van der Waals surface area (Å²) in [4.78, 5) is 12.5. The number of aromatic amines is 1. The molecular formula is C21H20N7+. The van der Waals surface area contributed by atoms with E-state index in [9.17, 15) is 0 Å². The maximum atomic E-state index is 4.58. The molecule has 1 N–H and O–H groups in total. The predicted octanol–water partition coefficient (Wildman–Crippen LogP) is 3.11. The molecule has 0 spiro atoms. The molecule has 138 valence electrons. The van der Waals surface area contributed by atoms with Gasteiger partial charge in [-0.05, 0) is 38.8 Å². The molecule has 0 radical (unpaired) electrons. The van der Waals surface area contributed by atoms with Crippen molar-refractivity contribution in [2.24, 2.45) is 0 Å². The van der Waals surface area contributed by atoms with Gasteiger partial charge in [-0.2, -0.15) is 15.2 Å². The molecule has 4 rings (SSSR count). The summed E-state index contributed by atoms with van der Waals surface area (Å²) in [5, 5.41) is 16.9. The van der Waals surface area contributed by atoms with Gasteiger partial charge in [0, 0.05) is 12.1 Å². The van der Waals surface area contributed by atoms with Gasteiger partial charge in [-0.1, -0.05) is 30.3 Å². The number of nitrogens with zero attached hydrogens (tertiary/aromatic N) is 6. The maximum absolute atomic E-state index is 4.58. The van der Waals surface area contributed by atoms with E-state index in [1.165, 1.54) is 0 Å². The predicted molar refractivity (Wildman–Crippen MR) is 105 cm³/mol. The van der Waals surface area contributed by atoms with E-state index in [-0.39, 0.29) is 0 Å². The fraction of sp³-hybridized carbons (Fsp3) is 0.190. The molecule has 7 heteroatoms. The van der Waals surface area contributed by atoms with Crippen LogP contribution in [-0.4, -0.2) is 30.4 Å². The van der Waals surface area contributed by atoms with Crippen molar-refractivity contribution >= 4 is 0 Å². The van der Waals surface area contributed by atoms with Crippen LogP contribution < -0.4 is 4.98 Å². The van der Waals surface area contributed by atoms with Gasteiger partial charge in [-0.3, -0.25) is 0 Å². The minimum atomic E-state index is 0.527. The van der Waals surface area contributed by atoms with Gasteiger partial charge in [-0.25, -0.2) is 9.97 Å². The van der Waals surface area contributed by atoms with Crippen LogP contribution in [0, 0.1) is 27.7 Å². The number of hydrogen-bond acceptors (Lipinski definition) is 6. The monoisotopic (exact) mass is 370 g/mol. The van der Waals surface area contributed by atoms with Crippen molar-refractivity contribution in [2.45, 2.75) is 27.7 Å². The van der Waals surface area contributed by atoms with Crippen molar-refractivity contribution in [1.29, 1.82) is 0 Å². The second-order valence-electron chi connectivity index (χ2n) is 6.67. The van der Waals surface area contributed by atoms with Gasteiger partial charge in [0.05, 0.1) is 22.8 Å². The van der Waals surface area contributed by atoms with Crippen molar-refractivity contribution in [2.75, 3.05) is 0 Å². The molecule has 3 aromatic heterocycles. The Bertz CT molecular complexity index is 1090. The summed E-state index contributed by atoms with van der Waals surface area (Å²) in [7, 11) is 0. The summed E-state index contributed by atoms with van der Waals surface area (Å²) < 4.78 is 0. The van der Waals surface area contributed by atoms with Crippen LogP contribution >= 0.6 is 0 Å². The molecule has 4 aromatic rings. The largest absolute Gasteiger partial charge is 0.251 e. The van der Waals surface area contributed by atoms with Gasteiger partial charge in [0.2, 0.25) is 11.6 Å². The highest BCUT2D eigenvalue weighted by molar-refractivity contribution is 5.70. The number of nitrogens with one attached hydrogen (secondary N) is 1. The molecule has 0 aliphatic carbocycles. The lowest BCUT2D eigenvalue weighted by Crippen LogP contribution is -2.16. The first-order valence-corrected chi connectivity index (χ1v) is 9.00. The number of aromatic nitrogens is 7. The van der Waals surface area contributed by atoms with Gasteiger partial charge in [-0.15, -0.1) is 10.2 Å². The van der Waals surface area contributed by atoms with E-state index in [2.05, 4.69) is 47.5 Å². The van der Waals surface area contributed by atoms with Crippen LogP contribution in [0.25, 0.3) is 34.2 Å². The maximum Gasteiger partial charge on any atom is 0.251 e. The van der Waals surface area contributed by atoms with Crippen LogP contribution in [0.4, 0.5) is 0 Å². The molecule has 0 unspecified atom stereocenters. The van der Waals surface area contributed by atoms with Gasteiger partial charge >= 0.3 is 0 Å². The first-order valence-electron chi connectivity index (χ1n) is 9.00. The molecular weight excluding hydrogens is 350 g/mol. The molecule has 0 atom stereocenters. The molecule has 0 bridgehead atoms. The molecule has 0 saturated carbocycles. The minimum absolute atomic E-state index is 0.527. The summed E-state index contributed by atoms with van der Waals surface area (Å²) in [6, 6.07) is 14.1. The van der Waals surface area contributed by atoms with E-state index < -0.39 is 0 Å². The number of H-pyrrole nitrogens is 1. The van der Waals surface area contributed by atoms with E-state index in [4.69, 9.17) is 0 Å². The van der Waals surface area contributed by atoms with Crippen molar-refractivity contribution in [3.63, 3.8) is 0 Å². The fourth-order valence-corrected chi connectivity index (χ4v) is 2.75. The minimum Gasteiger partial charge on any atom is -0.225 e. The van der Waals surface area contributed by atoms with Crippen molar-refractivity contribution in [3.8, 4) is 34.2 Å². The average molecular weight is 370 g/mol. The SMILES string of the molecule is Cc1nnc(-c2cc(-c3ccccc3)cc(-c3nnc(C)c(C)n3)[nH+]2)nc1C. The van der Waals surface area contributed by atoms with E-state index in [0.717, 1.165) is 45.3 Å². The number of pyridine rings is 1. The summed E-state index contributed by atoms with van der Waals surface area (Å²) in [6.45, 7) is 7.63. The Morgan fingerprint density at radius 2 is 1.07 bits per heavy atom. The van der Waals surface area contributed by atoms with Gasteiger partial charge in [0.25, 0.3) is 11.4 Å². The highest BCUT2D eigenvalue weighted by atomic mass is 15.2. The first-order chi connectivity index (χ1) is 13.5. The third-order valence-corrected chi connectivity index (χ3v) is 4.64. The number of benzene rings is 1. The molecule has 0 saturated heterocycles. The Labute approximate surface area is 163 Å². The summed E-state index contributed by atoms with van der Waals surface area (Å²) >= 11 is 0. The number of hydrogen-bond donors (Lipinski definition) is 0. The number of aryl methyl sites for hydroxylation is 4. The Morgan fingerprint density at radius 3 is 1.54 bits per heavy atom. The molecule has 1 aromatic carbocycles. The number of rotatable bonds is 3. The van der Waals surface area contributed by atoms with Crippen LogP contribution in [0.15, 0.2) is 42.5 Å². The summed E-state index contributed by atoms with van der Waals surface area (Å²) in [5.41, 5.74) is 6.88. The van der Waals surface area contributed by atoms with Crippen molar-refractivity contribution < 1.29 is 4.98 Å². The van der Waals surface area contributed by atoms with E-state index in [1.54, 1.807) is 0 Å². The molecule has 0 aliphatic heterocycles. The van der Waals surface area contributed by atoms with Crippen molar-refractivity contribution in [3.05, 3.63) is 65.2 Å². The lowest BCUT2D eigenvalue weighted by Gasteiger charge is -2.05. The summed E-state index contributed by atoms with van der Waals surface area (Å²) in [5.74, 6) is 1.05. The Kier molecular flexibility index (Phi) is 4.57. The lowest BCUT2D eigenvalue weighted by molar-refractivity contribution is -0.352. The molecule has 7 nitrogen and oxygen atoms in total. The van der Waals surface area contributed by atoms with Gasteiger partial charge < -0.3 is 0 Å². The molecule has 0 fully saturated rings. The first kappa shape index (κ1) is 17.8. The third-order valence-electron chi connectivity index (χ3n) is 4.64.